The van der Waals surface area contributed by atoms with E-state index in [1.54, 1.807) is 0 Å². The molecule has 0 saturated carbocycles. The number of ether oxygens (including phenoxy) is 3. The average Bonchev–Trinajstić information content (AvgIpc) is 3.15. The first kappa shape index (κ1) is 51.4. The maximum Gasteiger partial charge on any atom is 0.306 e. The molecule has 0 bridgehead atoms. The van der Waals surface area contributed by atoms with E-state index in [9.17, 15) is 14.4 Å². The van der Waals surface area contributed by atoms with Gasteiger partial charge in [0.15, 0.2) is 6.10 Å². The molecule has 314 valence electrons. The van der Waals surface area contributed by atoms with Gasteiger partial charge in [0.25, 0.3) is 0 Å². The van der Waals surface area contributed by atoms with Crippen molar-refractivity contribution in [3.05, 3.63) is 0 Å². The summed E-state index contributed by atoms with van der Waals surface area (Å²) in [5.41, 5.74) is 0. The van der Waals surface area contributed by atoms with Gasteiger partial charge in [-0.05, 0) is 19.3 Å². The predicted octanol–water partition coefficient (Wildman–Crippen LogP) is 14.9. The highest BCUT2D eigenvalue weighted by Crippen LogP contribution is 2.16. The molecule has 0 aromatic carbocycles. The largest absolute Gasteiger partial charge is 0.462 e. The SMILES string of the molecule is CCCCCCCCCCCCCCCCCCCCCC(=O)OC[C@H](COC(=O)CCCCCCCCCCCCC)OC(=O)CCCCCCC. The lowest BCUT2D eigenvalue weighted by molar-refractivity contribution is -0.167. The molecule has 6 heteroatoms. The molecule has 0 unspecified atom stereocenters. The second-order valence-corrected chi connectivity index (χ2v) is 16.0. The van der Waals surface area contributed by atoms with Crippen molar-refractivity contribution in [1.29, 1.82) is 0 Å². The van der Waals surface area contributed by atoms with Crippen molar-refractivity contribution in [3.8, 4) is 0 Å². The Bertz CT molecular complexity index is 783. The smallest absolute Gasteiger partial charge is 0.306 e. The molecule has 0 aliphatic heterocycles. The Morgan fingerprint density at radius 3 is 0.755 bits per heavy atom. The van der Waals surface area contributed by atoms with Gasteiger partial charge in [-0.1, -0.05) is 226 Å². The van der Waals surface area contributed by atoms with Crippen LogP contribution in [-0.2, 0) is 28.6 Å². The summed E-state index contributed by atoms with van der Waals surface area (Å²) in [6.07, 6.45) is 44.1. The van der Waals surface area contributed by atoms with E-state index in [0.29, 0.717) is 19.3 Å². The van der Waals surface area contributed by atoms with E-state index in [1.165, 1.54) is 161 Å². The van der Waals surface area contributed by atoms with Crippen molar-refractivity contribution >= 4 is 17.9 Å². The van der Waals surface area contributed by atoms with Crippen LogP contribution in [0.1, 0.15) is 265 Å². The Balaban J connectivity index is 4.05. The summed E-state index contributed by atoms with van der Waals surface area (Å²) in [6.45, 7) is 6.57. The first-order valence-electron chi connectivity index (χ1n) is 23.5. The van der Waals surface area contributed by atoms with Crippen LogP contribution in [0.5, 0.6) is 0 Å². The molecule has 0 aliphatic rings. The molecular formula is C47H90O6. The summed E-state index contributed by atoms with van der Waals surface area (Å²) in [5.74, 6) is -0.866. The van der Waals surface area contributed by atoms with Crippen LogP contribution >= 0.6 is 0 Å². The number of rotatable bonds is 43. The number of hydrogen-bond donors (Lipinski definition) is 0. The van der Waals surface area contributed by atoms with Crippen LogP contribution in [0.4, 0.5) is 0 Å². The van der Waals surface area contributed by atoms with Crippen LogP contribution in [0.2, 0.25) is 0 Å². The molecule has 0 amide bonds. The molecule has 6 nitrogen and oxygen atoms in total. The van der Waals surface area contributed by atoms with Crippen molar-refractivity contribution in [1.82, 2.24) is 0 Å². The zero-order chi connectivity index (χ0) is 38.7. The molecule has 0 aliphatic carbocycles. The van der Waals surface area contributed by atoms with Crippen LogP contribution in [0.3, 0.4) is 0 Å². The van der Waals surface area contributed by atoms with Crippen LogP contribution < -0.4 is 0 Å². The minimum Gasteiger partial charge on any atom is -0.462 e. The highest BCUT2D eigenvalue weighted by atomic mass is 16.6. The van der Waals surface area contributed by atoms with Crippen LogP contribution in [0, 0.1) is 0 Å². The molecule has 0 fully saturated rings. The molecule has 53 heavy (non-hydrogen) atoms. The Labute approximate surface area is 329 Å². The fourth-order valence-electron chi connectivity index (χ4n) is 7.03. The van der Waals surface area contributed by atoms with Gasteiger partial charge in [0.05, 0.1) is 0 Å². The van der Waals surface area contributed by atoms with E-state index < -0.39 is 6.10 Å². The zero-order valence-corrected chi connectivity index (χ0v) is 35.8. The van der Waals surface area contributed by atoms with Gasteiger partial charge in [0.1, 0.15) is 13.2 Å². The molecule has 0 aromatic rings. The van der Waals surface area contributed by atoms with Gasteiger partial charge in [0, 0.05) is 19.3 Å². The average molecular weight is 751 g/mol. The monoisotopic (exact) mass is 751 g/mol. The van der Waals surface area contributed by atoms with Gasteiger partial charge < -0.3 is 14.2 Å². The van der Waals surface area contributed by atoms with Crippen molar-refractivity contribution in [2.45, 2.75) is 271 Å². The number of esters is 3. The van der Waals surface area contributed by atoms with Gasteiger partial charge in [-0.2, -0.15) is 0 Å². The van der Waals surface area contributed by atoms with Crippen molar-refractivity contribution in [2.24, 2.45) is 0 Å². The summed E-state index contributed by atoms with van der Waals surface area (Å²) in [5, 5.41) is 0. The molecule has 0 saturated heterocycles. The van der Waals surface area contributed by atoms with E-state index in [1.807, 2.05) is 0 Å². The van der Waals surface area contributed by atoms with Crippen LogP contribution in [0.15, 0.2) is 0 Å². The third-order valence-corrected chi connectivity index (χ3v) is 10.6. The van der Waals surface area contributed by atoms with Crippen LogP contribution in [0.25, 0.3) is 0 Å². The van der Waals surface area contributed by atoms with Gasteiger partial charge in [0.2, 0.25) is 0 Å². The molecule has 1 atom stereocenters. The third-order valence-electron chi connectivity index (χ3n) is 10.6. The minimum atomic E-state index is -0.756. The standard InChI is InChI=1S/C47H90O6/c1-4-7-10-13-15-17-19-20-21-22-23-24-25-26-28-30-32-35-37-40-46(49)52-43-44(53-47(50)41-38-33-12-9-6-3)42-51-45(48)39-36-34-31-29-27-18-16-14-11-8-5-2/h44H,4-43H2,1-3H3/t44-/m0/s1. The summed E-state index contributed by atoms with van der Waals surface area (Å²) in [7, 11) is 0. The number of hydrogen-bond acceptors (Lipinski definition) is 6. The fraction of sp³-hybridized carbons (Fsp3) is 0.936. The fourth-order valence-corrected chi connectivity index (χ4v) is 7.03. The summed E-state index contributed by atoms with van der Waals surface area (Å²) in [6, 6.07) is 0. The van der Waals surface area contributed by atoms with Crippen molar-refractivity contribution in [2.75, 3.05) is 13.2 Å². The molecule has 0 spiro atoms. The van der Waals surface area contributed by atoms with Gasteiger partial charge in [-0.3, -0.25) is 14.4 Å². The summed E-state index contributed by atoms with van der Waals surface area (Å²) < 4.78 is 16.6. The zero-order valence-electron chi connectivity index (χ0n) is 35.8. The maximum absolute atomic E-state index is 12.5. The Morgan fingerprint density at radius 1 is 0.302 bits per heavy atom. The van der Waals surface area contributed by atoms with Gasteiger partial charge >= 0.3 is 17.9 Å². The van der Waals surface area contributed by atoms with E-state index in [2.05, 4.69) is 20.8 Å². The molecule has 0 aromatic heterocycles. The van der Waals surface area contributed by atoms with E-state index in [4.69, 9.17) is 14.2 Å². The Hall–Kier alpha value is -1.59. The second kappa shape index (κ2) is 43.1. The minimum absolute atomic E-state index is 0.0642. The summed E-state index contributed by atoms with van der Waals surface area (Å²) >= 11 is 0. The lowest BCUT2D eigenvalue weighted by Gasteiger charge is -2.18. The highest BCUT2D eigenvalue weighted by molar-refractivity contribution is 5.71. The first-order chi connectivity index (χ1) is 26.0. The Kier molecular flexibility index (Phi) is 41.8. The molecule has 0 radical (unpaired) electrons. The number of carbonyl (C=O) groups is 3. The maximum atomic E-state index is 12.5. The highest BCUT2D eigenvalue weighted by Gasteiger charge is 2.19. The third kappa shape index (κ3) is 41.4. The molecule has 0 rings (SSSR count). The normalized spacial score (nSPS) is 11.8. The second-order valence-electron chi connectivity index (χ2n) is 16.0. The lowest BCUT2D eigenvalue weighted by Crippen LogP contribution is -2.30. The van der Waals surface area contributed by atoms with Crippen molar-refractivity contribution < 1.29 is 28.6 Å². The van der Waals surface area contributed by atoms with Gasteiger partial charge in [-0.15, -0.1) is 0 Å². The quantitative estimate of drug-likeness (QED) is 0.0351. The predicted molar refractivity (Wildman–Crippen MR) is 224 cm³/mol. The topological polar surface area (TPSA) is 78.9 Å². The van der Waals surface area contributed by atoms with Crippen LogP contribution in [-0.4, -0.2) is 37.2 Å². The lowest BCUT2D eigenvalue weighted by atomic mass is 10.0. The molecular weight excluding hydrogens is 661 g/mol. The Morgan fingerprint density at radius 2 is 0.509 bits per heavy atom. The van der Waals surface area contributed by atoms with E-state index >= 15 is 0 Å². The van der Waals surface area contributed by atoms with Crippen molar-refractivity contribution in [3.63, 3.8) is 0 Å². The summed E-state index contributed by atoms with van der Waals surface area (Å²) in [4.78, 5) is 37.4. The first-order valence-corrected chi connectivity index (χ1v) is 23.5. The molecule has 0 N–H and O–H groups in total. The van der Waals surface area contributed by atoms with Gasteiger partial charge in [-0.25, -0.2) is 0 Å². The molecule has 0 heterocycles. The number of unbranched alkanes of at least 4 members (excludes halogenated alkanes) is 32. The van der Waals surface area contributed by atoms with E-state index in [-0.39, 0.29) is 31.1 Å². The number of carbonyl (C=O) groups excluding carboxylic acids is 3. The van der Waals surface area contributed by atoms with E-state index in [0.717, 1.165) is 64.2 Å².